The summed E-state index contributed by atoms with van der Waals surface area (Å²) < 4.78 is 49.2. The molecule has 0 bridgehead atoms. The quantitative estimate of drug-likeness (QED) is 0.133. The lowest BCUT2D eigenvalue weighted by Gasteiger charge is -2.24. The third-order valence-corrected chi connectivity index (χ3v) is 8.28. The highest BCUT2D eigenvalue weighted by molar-refractivity contribution is 7.48. The van der Waals surface area contributed by atoms with Crippen LogP contribution >= 0.6 is 7.82 Å². The fraction of sp³-hybridized carbons (Fsp3) is 0.560. The first-order chi connectivity index (χ1) is 20.8. The minimum Gasteiger partial charge on any atom is -0.460 e. The highest BCUT2D eigenvalue weighted by atomic mass is 31.2. The van der Waals surface area contributed by atoms with Crippen LogP contribution < -0.4 is 22.5 Å². The summed E-state index contributed by atoms with van der Waals surface area (Å²) in [5, 5.41) is 8.93. The van der Waals surface area contributed by atoms with Crippen LogP contribution in [0.1, 0.15) is 49.8 Å². The number of H-pyrrole nitrogens is 2. The van der Waals surface area contributed by atoms with Gasteiger partial charge in [0, 0.05) is 43.3 Å². The van der Waals surface area contributed by atoms with E-state index in [1.807, 2.05) is 6.07 Å². The van der Waals surface area contributed by atoms with Crippen molar-refractivity contribution in [3.8, 4) is 6.07 Å². The number of ether oxygens (including phenoxy) is 3. The number of esters is 1. The number of rotatable bonds is 12. The van der Waals surface area contributed by atoms with Crippen molar-refractivity contribution in [2.75, 3.05) is 13.2 Å². The topological polar surface area (TPSA) is 240 Å². The van der Waals surface area contributed by atoms with E-state index in [2.05, 4.69) is 9.97 Å². The van der Waals surface area contributed by atoms with Gasteiger partial charge in [-0.1, -0.05) is 0 Å². The third-order valence-electron chi connectivity index (χ3n) is 6.78. The molecule has 2 aliphatic rings. The minimum atomic E-state index is -4.60. The SMILES string of the molecule is CC(=O)O[C@H]1C[C@H](n2cc(C)c(=O)[nH]c2=O)O[C@@H]1COP(=O)(OCCC#N)O[C@H]1C[C@H](n2cc(C)c(=O)[nH]c2=O)O[C@@H]1C=O. The molecule has 0 aromatic carbocycles. The smallest absolute Gasteiger partial charge is 0.460 e. The summed E-state index contributed by atoms with van der Waals surface area (Å²) in [5.41, 5.74) is -2.33. The average molecular weight is 640 g/mol. The summed E-state index contributed by atoms with van der Waals surface area (Å²) in [6.07, 6.45) is -4.27. The van der Waals surface area contributed by atoms with Gasteiger partial charge >= 0.3 is 25.2 Å². The standard InChI is InChI=1S/C25H30N5O13P/c1-13-9-29(24(35)27-22(13)33)20-7-16(40-15(3)32)19(42-20)12-39-44(37,38-6-4-5-26)43-17-8-21(41-18(17)11-31)30-10-14(2)23(34)28-25(30)36/h9-11,16-21H,4,6-8,12H2,1-3H3,(H,27,33,35)(H,28,34,36)/t16-,17-,18+,19+,20+,21+,44?/m0/s1. The molecule has 0 spiro atoms. The molecular weight excluding hydrogens is 609 g/mol. The van der Waals surface area contributed by atoms with E-state index in [0.717, 1.165) is 16.1 Å². The highest BCUT2D eigenvalue weighted by Gasteiger charge is 2.45. The molecule has 4 rings (SSSR count). The third kappa shape index (κ3) is 7.56. The van der Waals surface area contributed by atoms with Gasteiger partial charge in [0.25, 0.3) is 11.1 Å². The lowest BCUT2D eigenvalue weighted by atomic mass is 10.2. The van der Waals surface area contributed by atoms with E-state index in [9.17, 15) is 33.3 Å². The molecule has 2 N–H and O–H groups in total. The summed E-state index contributed by atoms with van der Waals surface area (Å²) in [7, 11) is -4.60. The van der Waals surface area contributed by atoms with Gasteiger partial charge in [-0.3, -0.25) is 47.1 Å². The first-order valence-electron chi connectivity index (χ1n) is 13.4. The van der Waals surface area contributed by atoms with E-state index in [-0.39, 0.29) is 37.0 Å². The van der Waals surface area contributed by atoms with Crippen molar-refractivity contribution in [1.29, 1.82) is 5.26 Å². The van der Waals surface area contributed by atoms with Crippen molar-refractivity contribution in [1.82, 2.24) is 19.1 Å². The van der Waals surface area contributed by atoms with Crippen LogP contribution in [0, 0.1) is 25.2 Å². The van der Waals surface area contributed by atoms with Crippen LogP contribution in [0.25, 0.3) is 0 Å². The number of nitrogens with one attached hydrogen (secondary N) is 2. The van der Waals surface area contributed by atoms with Gasteiger partial charge in [-0.2, -0.15) is 5.26 Å². The second kappa shape index (κ2) is 13.8. The Balaban J connectivity index is 1.54. The van der Waals surface area contributed by atoms with Crippen LogP contribution in [0.5, 0.6) is 0 Å². The Morgan fingerprint density at radius 3 is 2.14 bits per heavy atom. The number of phosphoric ester groups is 1. The van der Waals surface area contributed by atoms with Gasteiger partial charge in [0.2, 0.25) is 0 Å². The number of aromatic nitrogens is 4. The van der Waals surface area contributed by atoms with Crippen molar-refractivity contribution in [3.63, 3.8) is 0 Å². The van der Waals surface area contributed by atoms with Gasteiger partial charge in [-0.25, -0.2) is 14.2 Å². The van der Waals surface area contributed by atoms with Gasteiger partial charge in [0.05, 0.1) is 25.7 Å². The van der Waals surface area contributed by atoms with Crippen LogP contribution in [0.3, 0.4) is 0 Å². The summed E-state index contributed by atoms with van der Waals surface area (Å²) >= 11 is 0. The van der Waals surface area contributed by atoms with Gasteiger partial charge in [0.1, 0.15) is 36.9 Å². The maximum atomic E-state index is 13.8. The number of phosphoric acid groups is 1. The molecule has 7 atom stereocenters. The molecule has 4 heterocycles. The summed E-state index contributed by atoms with van der Waals surface area (Å²) in [5.74, 6) is -0.672. The monoisotopic (exact) mass is 639 g/mol. The van der Waals surface area contributed by atoms with Crippen molar-refractivity contribution in [3.05, 3.63) is 65.2 Å². The van der Waals surface area contributed by atoms with Crippen LogP contribution in [0.2, 0.25) is 0 Å². The van der Waals surface area contributed by atoms with Crippen molar-refractivity contribution < 1.29 is 41.9 Å². The number of carbonyl (C=O) groups is 2. The molecular formula is C25H30N5O13P. The molecule has 0 radical (unpaired) electrons. The number of nitriles is 1. The minimum absolute atomic E-state index is 0.0296. The number of aldehydes is 1. The second-order valence-electron chi connectivity index (χ2n) is 10.0. The van der Waals surface area contributed by atoms with E-state index >= 15 is 0 Å². The van der Waals surface area contributed by atoms with Crippen LogP contribution in [0.15, 0.2) is 31.6 Å². The molecule has 0 aliphatic carbocycles. The van der Waals surface area contributed by atoms with Crippen LogP contribution in [-0.4, -0.2) is 69.0 Å². The number of hydrogen-bond donors (Lipinski definition) is 2. The van der Waals surface area contributed by atoms with E-state index in [0.29, 0.717) is 6.29 Å². The first kappa shape index (κ1) is 32.9. The molecule has 0 saturated carbocycles. The maximum Gasteiger partial charge on any atom is 0.475 e. The predicted octanol–water partition coefficient (Wildman–Crippen LogP) is -0.151. The Hall–Kier alpha value is -3.98. The Kier molecular flexibility index (Phi) is 10.3. The molecule has 2 fully saturated rings. The van der Waals surface area contributed by atoms with E-state index in [1.54, 1.807) is 0 Å². The van der Waals surface area contributed by atoms with Crippen molar-refractivity contribution in [2.45, 2.75) is 76.9 Å². The van der Waals surface area contributed by atoms with Gasteiger partial charge in [-0.15, -0.1) is 0 Å². The van der Waals surface area contributed by atoms with Crippen molar-refractivity contribution >= 4 is 20.1 Å². The van der Waals surface area contributed by atoms with E-state index in [4.69, 9.17) is 33.0 Å². The Morgan fingerprint density at radius 1 is 1.02 bits per heavy atom. The number of carbonyl (C=O) groups excluding carboxylic acids is 2. The number of hydrogen-bond acceptors (Lipinski definition) is 14. The average Bonchev–Trinajstić information content (AvgIpc) is 3.54. The van der Waals surface area contributed by atoms with Crippen molar-refractivity contribution in [2.24, 2.45) is 0 Å². The number of aromatic amines is 2. The first-order valence-corrected chi connectivity index (χ1v) is 14.8. The molecule has 238 valence electrons. The Morgan fingerprint density at radius 2 is 1.59 bits per heavy atom. The molecule has 18 nitrogen and oxygen atoms in total. The fourth-order valence-electron chi connectivity index (χ4n) is 4.65. The zero-order valence-electron chi connectivity index (χ0n) is 23.8. The lowest BCUT2D eigenvalue weighted by Crippen LogP contribution is -2.33. The summed E-state index contributed by atoms with van der Waals surface area (Å²) in [6.45, 7) is 3.16. The summed E-state index contributed by atoms with van der Waals surface area (Å²) in [6, 6.07) is 1.82. The fourth-order valence-corrected chi connectivity index (χ4v) is 6.03. The van der Waals surface area contributed by atoms with Gasteiger partial charge < -0.3 is 19.0 Å². The molecule has 2 aromatic rings. The van der Waals surface area contributed by atoms with Crippen LogP contribution in [-0.2, 0) is 41.9 Å². The molecule has 1 unspecified atom stereocenters. The highest BCUT2D eigenvalue weighted by Crippen LogP contribution is 2.53. The summed E-state index contributed by atoms with van der Waals surface area (Å²) in [4.78, 5) is 76.2. The van der Waals surface area contributed by atoms with E-state index < -0.39 is 79.8 Å². The Labute approximate surface area is 248 Å². The lowest BCUT2D eigenvalue weighted by molar-refractivity contribution is -0.150. The molecule has 0 amide bonds. The van der Waals surface area contributed by atoms with Gasteiger partial charge in [-0.05, 0) is 13.8 Å². The maximum absolute atomic E-state index is 13.8. The molecule has 2 aromatic heterocycles. The molecule has 19 heteroatoms. The predicted molar refractivity (Wildman–Crippen MR) is 145 cm³/mol. The zero-order chi connectivity index (χ0) is 32.2. The molecule has 2 aliphatic heterocycles. The largest absolute Gasteiger partial charge is 0.475 e. The zero-order valence-corrected chi connectivity index (χ0v) is 24.7. The number of aryl methyl sites for hydroxylation is 2. The second-order valence-corrected chi connectivity index (χ2v) is 11.6. The molecule has 2 saturated heterocycles. The van der Waals surface area contributed by atoms with Crippen LogP contribution in [0.4, 0.5) is 0 Å². The van der Waals surface area contributed by atoms with E-state index in [1.165, 1.54) is 26.2 Å². The normalized spacial score (nSPS) is 26.1. The molecule has 44 heavy (non-hydrogen) atoms. The Bertz CT molecular complexity index is 1720. The number of nitrogens with zero attached hydrogens (tertiary/aromatic N) is 3. The van der Waals surface area contributed by atoms with Gasteiger partial charge in [0.15, 0.2) is 6.29 Å².